The van der Waals surface area contributed by atoms with Gasteiger partial charge in [-0.25, -0.2) is 4.39 Å². The second-order valence-corrected chi connectivity index (χ2v) is 5.06. The van der Waals surface area contributed by atoms with Crippen LogP contribution in [0.1, 0.15) is 12.8 Å². The molecule has 1 aromatic carbocycles. The van der Waals surface area contributed by atoms with Crippen LogP contribution in [0, 0.1) is 5.82 Å². The van der Waals surface area contributed by atoms with Gasteiger partial charge in [-0.1, -0.05) is 15.9 Å². The number of likely N-dealkylation sites (N-methyl/N-ethyl adjacent to an activating group) is 1. The molecule has 1 unspecified atom stereocenters. The number of amides is 1. The molecular weight excluding hydrogens is 287 g/mol. The van der Waals surface area contributed by atoms with Crippen LogP contribution in [0.4, 0.5) is 10.1 Å². The van der Waals surface area contributed by atoms with E-state index in [-0.39, 0.29) is 17.8 Å². The zero-order chi connectivity index (χ0) is 12.4. The molecule has 92 valence electrons. The summed E-state index contributed by atoms with van der Waals surface area (Å²) in [4.78, 5) is 13.5. The Hall–Kier alpha value is -0.940. The summed E-state index contributed by atoms with van der Waals surface area (Å²) < 4.78 is 14.4. The van der Waals surface area contributed by atoms with Crippen LogP contribution in [0.3, 0.4) is 0 Å². The van der Waals surface area contributed by atoms with Crippen molar-refractivity contribution in [2.24, 2.45) is 0 Å². The van der Waals surface area contributed by atoms with E-state index < -0.39 is 0 Å². The third kappa shape index (κ3) is 2.66. The quantitative estimate of drug-likeness (QED) is 0.909. The van der Waals surface area contributed by atoms with E-state index in [1.807, 2.05) is 0 Å². The minimum Gasteiger partial charge on any atom is -0.311 e. The average Bonchev–Trinajstić information content (AvgIpc) is 2.84. The first-order valence-corrected chi connectivity index (χ1v) is 6.35. The molecule has 1 fully saturated rings. The SMILES string of the molecule is CN(C(=O)C1CCCN1)c1cc(Br)ccc1F. The van der Waals surface area contributed by atoms with Gasteiger partial charge in [-0.05, 0) is 37.6 Å². The van der Waals surface area contributed by atoms with Crippen LogP contribution in [-0.4, -0.2) is 25.5 Å². The predicted octanol–water partition coefficient (Wildman–Crippen LogP) is 2.30. The van der Waals surface area contributed by atoms with Crippen LogP contribution >= 0.6 is 15.9 Å². The highest BCUT2D eigenvalue weighted by atomic mass is 79.9. The van der Waals surface area contributed by atoms with E-state index in [2.05, 4.69) is 21.2 Å². The first kappa shape index (κ1) is 12.5. The van der Waals surface area contributed by atoms with Crippen molar-refractivity contribution in [3.63, 3.8) is 0 Å². The summed E-state index contributed by atoms with van der Waals surface area (Å²) in [5, 5.41) is 3.12. The molecule has 1 saturated heterocycles. The van der Waals surface area contributed by atoms with Crippen molar-refractivity contribution in [2.75, 3.05) is 18.5 Å². The number of hydrogen-bond acceptors (Lipinski definition) is 2. The zero-order valence-corrected chi connectivity index (χ0v) is 11.1. The van der Waals surface area contributed by atoms with Crippen molar-refractivity contribution in [3.05, 3.63) is 28.5 Å². The highest BCUT2D eigenvalue weighted by Crippen LogP contribution is 2.24. The zero-order valence-electron chi connectivity index (χ0n) is 9.54. The molecule has 0 bridgehead atoms. The Bertz CT molecular complexity index is 433. The lowest BCUT2D eigenvalue weighted by molar-refractivity contribution is -0.120. The lowest BCUT2D eigenvalue weighted by Crippen LogP contribution is -2.42. The van der Waals surface area contributed by atoms with E-state index in [1.54, 1.807) is 19.2 Å². The molecule has 0 spiro atoms. The maximum atomic E-state index is 13.6. The standard InChI is InChI=1S/C12H14BrFN2O/c1-16(12(17)10-3-2-6-15-10)11-7-8(13)4-5-9(11)14/h4-5,7,10,15H,2-3,6H2,1H3. The molecule has 1 aliphatic rings. The molecule has 0 aliphatic carbocycles. The van der Waals surface area contributed by atoms with Crippen molar-refractivity contribution in [2.45, 2.75) is 18.9 Å². The number of nitrogens with one attached hydrogen (secondary N) is 1. The predicted molar refractivity (Wildman–Crippen MR) is 68.5 cm³/mol. The van der Waals surface area contributed by atoms with Gasteiger partial charge in [0, 0.05) is 11.5 Å². The number of benzene rings is 1. The van der Waals surface area contributed by atoms with Gasteiger partial charge >= 0.3 is 0 Å². The lowest BCUT2D eigenvalue weighted by atomic mass is 10.2. The third-order valence-electron chi connectivity index (χ3n) is 2.96. The molecule has 1 heterocycles. The fraction of sp³-hybridized carbons (Fsp3) is 0.417. The van der Waals surface area contributed by atoms with Gasteiger partial charge in [0.25, 0.3) is 0 Å². The molecule has 0 saturated carbocycles. The molecule has 1 atom stereocenters. The number of carbonyl (C=O) groups excluding carboxylic acids is 1. The Morgan fingerprint density at radius 2 is 2.35 bits per heavy atom. The number of halogens is 2. The first-order chi connectivity index (χ1) is 8.09. The Labute approximate surface area is 108 Å². The third-order valence-corrected chi connectivity index (χ3v) is 3.45. The monoisotopic (exact) mass is 300 g/mol. The van der Waals surface area contributed by atoms with Crippen molar-refractivity contribution >= 4 is 27.5 Å². The molecule has 1 N–H and O–H groups in total. The normalized spacial score (nSPS) is 19.4. The number of rotatable bonds is 2. The van der Waals surface area contributed by atoms with E-state index in [4.69, 9.17) is 0 Å². The topological polar surface area (TPSA) is 32.3 Å². The van der Waals surface area contributed by atoms with Gasteiger partial charge in [-0.15, -0.1) is 0 Å². The Kier molecular flexibility index (Phi) is 3.79. The second kappa shape index (κ2) is 5.14. The highest BCUT2D eigenvalue weighted by Gasteiger charge is 2.26. The molecule has 5 heteroatoms. The van der Waals surface area contributed by atoms with Crippen LogP contribution in [0.15, 0.2) is 22.7 Å². The Morgan fingerprint density at radius 3 is 3.00 bits per heavy atom. The van der Waals surface area contributed by atoms with E-state index >= 15 is 0 Å². The van der Waals surface area contributed by atoms with E-state index in [1.165, 1.54) is 11.0 Å². The van der Waals surface area contributed by atoms with Gasteiger partial charge in [0.05, 0.1) is 11.7 Å². The fourth-order valence-corrected chi connectivity index (χ4v) is 2.34. The number of anilines is 1. The summed E-state index contributed by atoms with van der Waals surface area (Å²) in [6, 6.07) is 4.40. The molecule has 2 rings (SSSR count). The maximum absolute atomic E-state index is 13.6. The maximum Gasteiger partial charge on any atom is 0.243 e. The van der Waals surface area contributed by atoms with Gasteiger partial charge in [-0.3, -0.25) is 4.79 Å². The van der Waals surface area contributed by atoms with Crippen LogP contribution < -0.4 is 10.2 Å². The summed E-state index contributed by atoms with van der Waals surface area (Å²) >= 11 is 3.28. The lowest BCUT2D eigenvalue weighted by Gasteiger charge is -2.21. The molecule has 1 amide bonds. The van der Waals surface area contributed by atoms with Gasteiger partial charge in [0.2, 0.25) is 5.91 Å². The molecule has 0 radical (unpaired) electrons. The van der Waals surface area contributed by atoms with Gasteiger partial charge < -0.3 is 10.2 Å². The van der Waals surface area contributed by atoms with Crippen molar-refractivity contribution in [1.29, 1.82) is 0 Å². The van der Waals surface area contributed by atoms with Gasteiger partial charge in [0.15, 0.2) is 0 Å². The van der Waals surface area contributed by atoms with E-state index in [0.717, 1.165) is 23.9 Å². The highest BCUT2D eigenvalue weighted by molar-refractivity contribution is 9.10. The Morgan fingerprint density at radius 1 is 1.59 bits per heavy atom. The van der Waals surface area contributed by atoms with Crippen molar-refractivity contribution in [1.82, 2.24) is 5.32 Å². The molecule has 3 nitrogen and oxygen atoms in total. The summed E-state index contributed by atoms with van der Waals surface area (Å²) in [5.74, 6) is -0.471. The number of carbonyl (C=O) groups is 1. The summed E-state index contributed by atoms with van der Waals surface area (Å²) in [7, 11) is 1.60. The van der Waals surface area contributed by atoms with Crippen molar-refractivity contribution < 1.29 is 9.18 Å². The summed E-state index contributed by atoms with van der Waals surface area (Å²) in [6.07, 6.45) is 1.81. The van der Waals surface area contributed by atoms with Gasteiger partial charge in [0.1, 0.15) is 5.82 Å². The average molecular weight is 301 g/mol. The second-order valence-electron chi connectivity index (χ2n) is 4.14. The molecule has 0 aromatic heterocycles. The molecule has 1 aromatic rings. The van der Waals surface area contributed by atoms with Crippen molar-refractivity contribution in [3.8, 4) is 0 Å². The van der Waals surface area contributed by atoms with Crippen LogP contribution in [0.2, 0.25) is 0 Å². The van der Waals surface area contributed by atoms with Crippen LogP contribution in [-0.2, 0) is 4.79 Å². The van der Waals surface area contributed by atoms with Crippen LogP contribution in [0.5, 0.6) is 0 Å². The first-order valence-electron chi connectivity index (χ1n) is 5.55. The summed E-state index contributed by atoms with van der Waals surface area (Å²) in [6.45, 7) is 0.852. The largest absolute Gasteiger partial charge is 0.311 e. The van der Waals surface area contributed by atoms with E-state index in [0.29, 0.717) is 5.69 Å². The molecule has 17 heavy (non-hydrogen) atoms. The van der Waals surface area contributed by atoms with Gasteiger partial charge in [-0.2, -0.15) is 0 Å². The summed E-state index contributed by atoms with van der Waals surface area (Å²) in [5.41, 5.74) is 0.304. The van der Waals surface area contributed by atoms with E-state index in [9.17, 15) is 9.18 Å². The minimum absolute atomic E-state index is 0.0838. The molecular formula is C12H14BrFN2O. The smallest absolute Gasteiger partial charge is 0.243 e. The number of nitrogens with zero attached hydrogens (tertiary/aromatic N) is 1. The van der Waals surface area contributed by atoms with Crippen LogP contribution in [0.25, 0.3) is 0 Å². The molecule has 1 aliphatic heterocycles. The Balaban J connectivity index is 2.20. The minimum atomic E-state index is -0.387. The number of hydrogen-bond donors (Lipinski definition) is 1. The fourth-order valence-electron chi connectivity index (χ4n) is 1.99.